The monoisotopic (exact) mass is 932 g/mol. The molecule has 1 aliphatic heterocycles. The van der Waals surface area contributed by atoms with Crippen LogP contribution in [0.25, 0.3) is 22.5 Å². The normalized spacial score (nSPS) is 16.3. The van der Waals surface area contributed by atoms with Crippen molar-refractivity contribution < 1.29 is 33.4 Å². The molecule has 0 fully saturated rings. The van der Waals surface area contributed by atoms with Gasteiger partial charge in [-0.2, -0.15) is 5.26 Å². The van der Waals surface area contributed by atoms with Gasteiger partial charge in [0.2, 0.25) is 23.6 Å². The molecule has 0 saturated carbocycles. The molecule has 5 rings (SSSR count). The highest BCUT2D eigenvalue weighted by atomic mass is 16.5. The summed E-state index contributed by atoms with van der Waals surface area (Å²) >= 11 is 0. The average Bonchev–Trinajstić information content (AvgIpc) is 3.32. The highest BCUT2D eigenvalue weighted by Crippen LogP contribution is 2.44. The van der Waals surface area contributed by atoms with Crippen LogP contribution in [0.1, 0.15) is 91.3 Å². The maximum absolute atomic E-state index is 14.5. The van der Waals surface area contributed by atoms with Crippen LogP contribution in [0.4, 0.5) is 5.69 Å². The molecular formula is C50H65N11O7. The van der Waals surface area contributed by atoms with E-state index in [4.69, 9.17) is 36.6 Å². The van der Waals surface area contributed by atoms with Gasteiger partial charge in [0.15, 0.2) is 11.6 Å². The Morgan fingerprint density at radius 3 is 2.18 bits per heavy atom. The third kappa shape index (κ3) is 13.1. The third-order valence-electron chi connectivity index (χ3n) is 12.0. The van der Waals surface area contributed by atoms with E-state index < -0.39 is 53.6 Å². The van der Waals surface area contributed by atoms with Crippen LogP contribution in [0, 0.1) is 31.1 Å². The topological polar surface area (TPSA) is 292 Å². The number of aryl methyl sites for hydroxylation is 2. The molecule has 1 aliphatic rings. The lowest BCUT2D eigenvalue weighted by Gasteiger charge is -2.26. The Hall–Kier alpha value is -6.94. The van der Waals surface area contributed by atoms with E-state index in [2.05, 4.69) is 52.6 Å². The Labute approximate surface area is 397 Å². The van der Waals surface area contributed by atoms with Gasteiger partial charge in [-0.1, -0.05) is 57.0 Å². The molecule has 68 heavy (non-hydrogen) atoms. The van der Waals surface area contributed by atoms with Gasteiger partial charge >= 0.3 is 0 Å². The number of nitrogens with two attached hydrogens (primary N) is 3. The minimum Gasteiger partial charge on any atom is -0.492 e. The van der Waals surface area contributed by atoms with Gasteiger partial charge in [-0.15, -0.1) is 0 Å². The van der Waals surface area contributed by atoms with Crippen LogP contribution in [0.2, 0.25) is 0 Å². The maximum atomic E-state index is 14.5. The third-order valence-corrected chi connectivity index (χ3v) is 12.0. The Morgan fingerprint density at radius 1 is 0.868 bits per heavy atom. The standard InChI is InChI=1S/C50H65N11O7/c1-7-32(8-2)23-33-9-11-35(12-10-33)45-56-29(4)43(30(5)57-45)50(66)59-39(15-16-51)49(65)60-40-25-34-24-38(44(40)68-22-19-54)37-27-36(13-14-42(37)67-21-18-53)28(3)46(62)58-31(6)47(63)61-41(26-34)48(64)55-20-17-52/h9-14,24-25,27-28,31-32,39,41H,7-8,15-16,18-23,26,51,53-54H2,1-6H3,(H,55,64)(H,58,62)(H,59,66)(H,60,65)(H,61,63). The summed E-state index contributed by atoms with van der Waals surface area (Å²) in [5, 5.41) is 23.0. The van der Waals surface area contributed by atoms with Gasteiger partial charge in [0, 0.05) is 36.2 Å². The highest BCUT2D eigenvalue weighted by molar-refractivity contribution is 6.03. The Kier molecular flexibility index (Phi) is 18.9. The zero-order valence-corrected chi connectivity index (χ0v) is 39.8. The van der Waals surface area contributed by atoms with Crippen LogP contribution < -0.4 is 53.3 Å². The number of rotatable bonds is 19. The van der Waals surface area contributed by atoms with Crippen LogP contribution >= 0.6 is 0 Å². The van der Waals surface area contributed by atoms with Crippen LogP contribution in [-0.4, -0.2) is 97.0 Å². The van der Waals surface area contributed by atoms with Crippen molar-refractivity contribution in [2.75, 3.05) is 44.7 Å². The van der Waals surface area contributed by atoms with E-state index in [0.717, 1.165) is 24.8 Å². The molecular weight excluding hydrogens is 867 g/mol. The van der Waals surface area contributed by atoms with Crippen molar-refractivity contribution in [3.63, 3.8) is 0 Å². The first-order valence-electron chi connectivity index (χ1n) is 23.1. The van der Waals surface area contributed by atoms with Crippen molar-refractivity contribution in [3.8, 4) is 40.1 Å². The summed E-state index contributed by atoms with van der Waals surface area (Å²) in [6, 6.07) is 15.0. The number of ether oxygens (including phenoxy) is 2. The molecule has 362 valence electrons. The molecule has 4 atom stereocenters. The van der Waals surface area contributed by atoms with Crippen molar-refractivity contribution in [2.45, 2.75) is 97.7 Å². The summed E-state index contributed by atoms with van der Waals surface area (Å²) < 4.78 is 12.4. The number of nitrogens with zero attached hydrogens (tertiary/aromatic N) is 3. The van der Waals surface area contributed by atoms with Crippen LogP contribution in [0.3, 0.4) is 0 Å². The number of aromatic nitrogens is 2. The molecule has 1 aromatic heterocycles. The van der Waals surface area contributed by atoms with E-state index in [1.807, 2.05) is 18.2 Å². The summed E-state index contributed by atoms with van der Waals surface area (Å²) in [6.45, 7) is 11.1. The fourth-order valence-electron chi connectivity index (χ4n) is 8.05. The molecule has 4 unspecified atom stereocenters. The predicted molar refractivity (Wildman–Crippen MR) is 260 cm³/mol. The molecule has 0 radical (unpaired) electrons. The van der Waals surface area contributed by atoms with Crippen molar-refractivity contribution in [1.29, 1.82) is 5.26 Å². The van der Waals surface area contributed by atoms with Crippen molar-refractivity contribution >= 4 is 35.2 Å². The SMILES string of the molecule is CCC(CC)Cc1ccc(-c2nc(C)c(C(=O)NC(CCN)C(=O)Nc3cc4cc(c3OCCN)-c3cc(ccc3OCCN)C(C)C(=O)NC(C)C(=O)NC(C(=O)NCC#N)C4)c(C)n2)cc1. The molecule has 18 heteroatoms. The number of nitriles is 1. The predicted octanol–water partition coefficient (Wildman–Crippen LogP) is 3.46. The molecule has 3 aromatic carbocycles. The molecule has 0 saturated heterocycles. The number of hydrogen-bond acceptors (Lipinski definition) is 13. The minimum absolute atomic E-state index is 0.000317. The summed E-state index contributed by atoms with van der Waals surface area (Å²) in [7, 11) is 0. The molecule has 2 heterocycles. The minimum atomic E-state index is -1.25. The van der Waals surface area contributed by atoms with Crippen LogP contribution in [-0.2, 0) is 32.0 Å². The van der Waals surface area contributed by atoms with Crippen LogP contribution in [0.15, 0.2) is 54.6 Å². The van der Waals surface area contributed by atoms with Gasteiger partial charge < -0.3 is 53.3 Å². The van der Waals surface area contributed by atoms with E-state index in [9.17, 15) is 29.2 Å². The van der Waals surface area contributed by atoms with E-state index >= 15 is 0 Å². The number of nitrogens with one attached hydrogen (secondary N) is 5. The smallest absolute Gasteiger partial charge is 0.255 e. The Morgan fingerprint density at radius 2 is 1.54 bits per heavy atom. The molecule has 4 bridgehead atoms. The van der Waals surface area contributed by atoms with Gasteiger partial charge in [-0.25, -0.2) is 9.97 Å². The first-order chi connectivity index (χ1) is 32.7. The first kappa shape index (κ1) is 52.0. The maximum Gasteiger partial charge on any atom is 0.255 e. The summed E-state index contributed by atoms with van der Waals surface area (Å²) in [5.41, 5.74) is 22.9. The lowest BCUT2D eigenvalue weighted by Crippen LogP contribution is -2.54. The van der Waals surface area contributed by atoms with Gasteiger partial charge in [-0.05, 0) is 94.0 Å². The lowest BCUT2D eigenvalue weighted by molar-refractivity contribution is -0.132. The Bertz CT molecular complexity index is 2460. The van der Waals surface area contributed by atoms with Gasteiger partial charge in [0.05, 0.1) is 34.6 Å². The van der Waals surface area contributed by atoms with Gasteiger partial charge in [0.1, 0.15) is 43.6 Å². The second-order valence-corrected chi connectivity index (χ2v) is 16.9. The highest BCUT2D eigenvalue weighted by Gasteiger charge is 2.31. The number of amides is 5. The lowest BCUT2D eigenvalue weighted by atomic mass is 9.91. The zero-order valence-electron chi connectivity index (χ0n) is 39.8. The number of hydrogen-bond donors (Lipinski definition) is 8. The second kappa shape index (κ2) is 24.7. The van der Waals surface area contributed by atoms with Crippen LogP contribution in [0.5, 0.6) is 11.5 Å². The number of carbonyl (C=O) groups is 5. The summed E-state index contributed by atoms with van der Waals surface area (Å²) in [6.07, 6.45) is 3.09. The van der Waals surface area contributed by atoms with Gasteiger partial charge in [0.25, 0.3) is 5.91 Å². The van der Waals surface area contributed by atoms with Crippen molar-refractivity contribution in [1.82, 2.24) is 31.2 Å². The fourth-order valence-corrected chi connectivity index (χ4v) is 8.05. The molecule has 4 aromatic rings. The van der Waals surface area contributed by atoms with E-state index in [-0.39, 0.29) is 69.2 Å². The molecule has 11 N–H and O–H groups in total. The molecule has 5 amide bonds. The zero-order chi connectivity index (χ0) is 49.5. The second-order valence-electron chi connectivity index (χ2n) is 16.9. The molecule has 0 spiro atoms. The molecule has 0 aliphatic carbocycles. The number of benzene rings is 3. The average molecular weight is 932 g/mol. The van der Waals surface area contributed by atoms with Crippen molar-refractivity contribution in [2.24, 2.45) is 23.1 Å². The van der Waals surface area contributed by atoms with E-state index in [1.165, 1.54) is 12.5 Å². The van der Waals surface area contributed by atoms with E-state index in [1.54, 1.807) is 51.1 Å². The number of fused-ring (bicyclic) bond motifs is 5. The summed E-state index contributed by atoms with van der Waals surface area (Å²) in [4.78, 5) is 78.7. The Balaban J connectivity index is 1.58. The molecule has 18 nitrogen and oxygen atoms in total. The quantitative estimate of drug-likeness (QED) is 0.0626. The number of carbonyl (C=O) groups excluding carboxylic acids is 5. The first-order valence-corrected chi connectivity index (χ1v) is 23.1. The van der Waals surface area contributed by atoms with E-state index in [0.29, 0.717) is 51.1 Å². The van der Waals surface area contributed by atoms with Crippen molar-refractivity contribution in [3.05, 3.63) is 88.2 Å². The largest absolute Gasteiger partial charge is 0.492 e. The summed E-state index contributed by atoms with van der Waals surface area (Å²) in [5.74, 6) is -2.16. The fraction of sp³-hybridized carbons (Fsp3) is 0.440. The van der Waals surface area contributed by atoms with Gasteiger partial charge in [-0.3, -0.25) is 24.0 Å². The number of anilines is 1.